The van der Waals surface area contributed by atoms with E-state index in [9.17, 15) is 4.79 Å². The molecule has 106 valence electrons. The van der Waals surface area contributed by atoms with Crippen LogP contribution in [0.1, 0.15) is 10.6 Å². The van der Waals surface area contributed by atoms with Gasteiger partial charge in [-0.05, 0) is 65.1 Å². The number of nitrogen functional groups attached to an aromatic ring is 1. The van der Waals surface area contributed by atoms with E-state index in [1.54, 1.807) is 42.5 Å². The lowest BCUT2D eigenvalue weighted by Gasteiger charge is -2.05. The zero-order valence-electron chi connectivity index (χ0n) is 10.7. The molecule has 0 aliphatic carbocycles. The van der Waals surface area contributed by atoms with Crippen molar-refractivity contribution in [1.82, 2.24) is 0 Å². The number of hydrogen-bond donors (Lipinski definition) is 2. The number of fused-ring (bicyclic) bond motifs is 1. The van der Waals surface area contributed by atoms with Crippen molar-refractivity contribution in [3.63, 3.8) is 0 Å². The smallest absolute Gasteiger partial charge is 0.291 e. The van der Waals surface area contributed by atoms with Gasteiger partial charge < -0.3 is 15.5 Å². The Morgan fingerprint density at radius 3 is 2.76 bits per heavy atom. The molecule has 0 atom stereocenters. The van der Waals surface area contributed by atoms with Crippen LogP contribution in [0.5, 0.6) is 0 Å². The van der Waals surface area contributed by atoms with Crippen molar-refractivity contribution in [2.45, 2.75) is 0 Å². The molecule has 1 aromatic heterocycles. The monoisotopic (exact) mass is 412 g/mol. The minimum atomic E-state index is -0.315. The van der Waals surface area contributed by atoms with E-state index >= 15 is 0 Å². The molecule has 3 N–H and O–H groups in total. The summed E-state index contributed by atoms with van der Waals surface area (Å²) >= 11 is 8.00. The first-order valence-electron chi connectivity index (χ1n) is 6.08. The number of carbonyl (C=O) groups excluding carboxylic acids is 1. The summed E-state index contributed by atoms with van der Waals surface area (Å²) in [5, 5.41) is 4.22. The molecule has 0 bridgehead atoms. The van der Waals surface area contributed by atoms with Gasteiger partial charge >= 0.3 is 0 Å². The summed E-state index contributed by atoms with van der Waals surface area (Å²) < 4.78 is 6.38. The van der Waals surface area contributed by atoms with Crippen molar-refractivity contribution in [3.05, 3.63) is 56.8 Å². The average Bonchev–Trinajstić information content (AvgIpc) is 2.85. The number of halogens is 2. The molecule has 0 spiro atoms. The molecule has 1 heterocycles. The second-order valence-electron chi connectivity index (χ2n) is 4.49. The number of benzene rings is 2. The summed E-state index contributed by atoms with van der Waals surface area (Å²) in [4.78, 5) is 12.2. The van der Waals surface area contributed by atoms with Crippen LogP contribution in [0, 0.1) is 3.57 Å². The van der Waals surface area contributed by atoms with E-state index in [1.165, 1.54) is 0 Å². The minimum absolute atomic E-state index is 0.237. The average molecular weight is 413 g/mol. The number of nitrogens with two attached hydrogens (primary N) is 1. The molecule has 0 unspecified atom stereocenters. The van der Waals surface area contributed by atoms with Crippen LogP contribution in [0.4, 0.5) is 11.4 Å². The summed E-state index contributed by atoms with van der Waals surface area (Å²) in [7, 11) is 0. The fourth-order valence-electron chi connectivity index (χ4n) is 1.95. The van der Waals surface area contributed by atoms with Crippen molar-refractivity contribution in [2.75, 3.05) is 11.1 Å². The third-order valence-corrected chi connectivity index (χ3v) is 4.07. The lowest BCUT2D eigenvalue weighted by molar-refractivity contribution is 0.0998. The Kier molecular flexibility index (Phi) is 3.77. The van der Waals surface area contributed by atoms with E-state index in [-0.39, 0.29) is 11.7 Å². The van der Waals surface area contributed by atoms with Gasteiger partial charge in [0.25, 0.3) is 5.91 Å². The molecule has 0 saturated heterocycles. The fraction of sp³-hybridized carbons (Fsp3) is 0. The van der Waals surface area contributed by atoms with Gasteiger partial charge in [-0.1, -0.05) is 11.6 Å². The van der Waals surface area contributed by atoms with Crippen LogP contribution in [-0.4, -0.2) is 5.91 Å². The summed E-state index contributed by atoms with van der Waals surface area (Å²) in [6.07, 6.45) is 0. The molecule has 4 nitrogen and oxygen atoms in total. The van der Waals surface area contributed by atoms with E-state index in [2.05, 4.69) is 27.9 Å². The molecule has 21 heavy (non-hydrogen) atoms. The summed E-state index contributed by atoms with van der Waals surface area (Å²) in [5.74, 6) is -0.0774. The zero-order chi connectivity index (χ0) is 15.0. The second kappa shape index (κ2) is 5.57. The molecule has 0 saturated carbocycles. The topological polar surface area (TPSA) is 68.3 Å². The number of nitrogens with one attached hydrogen (secondary N) is 1. The maximum Gasteiger partial charge on any atom is 0.291 e. The Bertz CT molecular complexity index is 845. The SMILES string of the molecule is Nc1ccc2oc(C(=O)Nc3ccc(Cl)cc3I)cc2c1. The normalized spacial score (nSPS) is 10.8. The van der Waals surface area contributed by atoms with Crippen LogP contribution in [-0.2, 0) is 0 Å². The third kappa shape index (κ3) is 2.98. The highest BCUT2D eigenvalue weighted by molar-refractivity contribution is 14.1. The van der Waals surface area contributed by atoms with Crippen molar-refractivity contribution in [1.29, 1.82) is 0 Å². The standard InChI is InChI=1S/C15H10ClIN2O2/c16-9-1-3-12(11(17)7-9)19-15(20)14-6-8-5-10(18)2-4-13(8)21-14/h1-7H,18H2,(H,19,20). The van der Waals surface area contributed by atoms with Gasteiger partial charge in [-0.25, -0.2) is 0 Å². The molecule has 6 heteroatoms. The summed E-state index contributed by atoms with van der Waals surface area (Å²) in [6, 6.07) is 12.2. The Hall–Kier alpha value is -1.73. The first kappa shape index (κ1) is 14.2. The molecule has 1 amide bonds. The van der Waals surface area contributed by atoms with Crippen molar-refractivity contribution in [3.8, 4) is 0 Å². The maximum atomic E-state index is 12.2. The van der Waals surface area contributed by atoms with Crippen LogP contribution < -0.4 is 11.1 Å². The van der Waals surface area contributed by atoms with Gasteiger partial charge in [0.15, 0.2) is 5.76 Å². The Morgan fingerprint density at radius 1 is 1.19 bits per heavy atom. The highest BCUT2D eigenvalue weighted by atomic mass is 127. The van der Waals surface area contributed by atoms with Crippen LogP contribution in [0.2, 0.25) is 5.02 Å². The van der Waals surface area contributed by atoms with Crippen molar-refractivity contribution < 1.29 is 9.21 Å². The molecule has 0 radical (unpaired) electrons. The molecular weight excluding hydrogens is 403 g/mol. The van der Waals surface area contributed by atoms with Crippen LogP contribution in [0.25, 0.3) is 11.0 Å². The van der Waals surface area contributed by atoms with Gasteiger partial charge in [-0.15, -0.1) is 0 Å². The fourth-order valence-corrected chi connectivity index (χ4v) is 2.95. The molecular formula is C15H10ClIN2O2. The van der Waals surface area contributed by atoms with Crippen LogP contribution >= 0.6 is 34.2 Å². The Labute approximate surface area is 139 Å². The van der Waals surface area contributed by atoms with Gasteiger partial charge in [0.2, 0.25) is 0 Å². The first-order chi connectivity index (χ1) is 10.0. The number of anilines is 2. The third-order valence-electron chi connectivity index (χ3n) is 2.94. The lowest BCUT2D eigenvalue weighted by Crippen LogP contribution is -2.11. The van der Waals surface area contributed by atoms with E-state index in [0.717, 1.165) is 8.96 Å². The Morgan fingerprint density at radius 2 is 2.00 bits per heavy atom. The van der Waals surface area contributed by atoms with Gasteiger partial charge in [0, 0.05) is 19.7 Å². The zero-order valence-corrected chi connectivity index (χ0v) is 13.6. The van der Waals surface area contributed by atoms with Gasteiger partial charge in [-0.3, -0.25) is 4.79 Å². The Balaban J connectivity index is 1.89. The molecule has 3 aromatic rings. The first-order valence-corrected chi connectivity index (χ1v) is 7.54. The molecule has 0 aliphatic rings. The second-order valence-corrected chi connectivity index (χ2v) is 6.08. The predicted molar refractivity (Wildman–Crippen MR) is 92.7 cm³/mol. The summed E-state index contributed by atoms with van der Waals surface area (Å²) in [6.45, 7) is 0. The number of hydrogen-bond acceptors (Lipinski definition) is 3. The van der Waals surface area contributed by atoms with Crippen molar-refractivity contribution >= 4 is 62.4 Å². The predicted octanol–water partition coefficient (Wildman–Crippen LogP) is 4.53. The number of carbonyl (C=O) groups is 1. The minimum Gasteiger partial charge on any atom is -0.451 e. The molecule has 2 aromatic carbocycles. The highest BCUT2D eigenvalue weighted by Crippen LogP contribution is 2.25. The largest absolute Gasteiger partial charge is 0.451 e. The van der Waals surface area contributed by atoms with Crippen LogP contribution in [0.15, 0.2) is 46.9 Å². The van der Waals surface area contributed by atoms with Gasteiger partial charge in [0.05, 0.1) is 5.69 Å². The van der Waals surface area contributed by atoms with E-state index < -0.39 is 0 Å². The van der Waals surface area contributed by atoms with Gasteiger partial charge in [0.1, 0.15) is 5.58 Å². The highest BCUT2D eigenvalue weighted by Gasteiger charge is 2.14. The summed E-state index contributed by atoms with van der Waals surface area (Å²) in [5.41, 5.74) is 7.65. The number of amides is 1. The quantitative estimate of drug-likeness (QED) is 0.480. The van der Waals surface area contributed by atoms with E-state index in [0.29, 0.717) is 22.0 Å². The van der Waals surface area contributed by atoms with Gasteiger partial charge in [-0.2, -0.15) is 0 Å². The van der Waals surface area contributed by atoms with Crippen molar-refractivity contribution in [2.24, 2.45) is 0 Å². The number of rotatable bonds is 2. The van der Waals surface area contributed by atoms with Crippen LogP contribution in [0.3, 0.4) is 0 Å². The number of furan rings is 1. The lowest BCUT2D eigenvalue weighted by atomic mass is 10.2. The molecule has 0 aliphatic heterocycles. The van der Waals surface area contributed by atoms with E-state index in [4.69, 9.17) is 21.8 Å². The maximum absolute atomic E-state index is 12.2. The molecule has 3 rings (SSSR count). The molecule has 0 fully saturated rings. The van der Waals surface area contributed by atoms with E-state index in [1.807, 2.05) is 0 Å².